The minimum atomic E-state index is 0.675. The third-order valence-electron chi connectivity index (χ3n) is 3.69. The molecule has 0 aliphatic carbocycles. The summed E-state index contributed by atoms with van der Waals surface area (Å²) in [4.78, 5) is 2.63. The predicted octanol–water partition coefficient (Wildman–Crippen LogP) is 2.10. The fourth-order valence-corrected chi connectivity index (χ4v) is 2.92. The Morgan fingerprint density at radius 2 is 2.12 bits per heavy atom. The van der Waals surface area contributed by atoms with E-state index < -0.39 is 0 Å². The van der Waals surface area contributed by atoms with E-state index in [9.17, 15) is 0 Å². The van der Waals surface area contributed by atoms with Gasteiger partial charge in [0.05, 0.1) is 0 Å². The van der Waals surface area contributed by atoms with Crippen molar-refractivity contribution < 1.29 is 4.58 Å². The smallest absolute Gasteiger partial charge is 0.209 e. The highest BCUT2D eigenvalue weighted by Crippen LogP contribution is 2.21. The van der Waals surface area contributed by atoms with Crippen molar-refractivity contribution in [3.05, 3.63) is 35.9 Å². The van der Waals surface area contributed by atoms with Gasteiger partial charge in [0.25, 0.3) is 0 Å². The molecule has 0 aromatic heterocycles. The Morgan fingerprint density at radius 1 is 1.25 bits per heavy atom. The van der Waals surface area contributed by atoms with E-state index in [1.807, 2.05) is 0 Å². The molecule has 0 saturated carbocycles. The van der Waals surface area contributed by atoms with Gasteiger partial charge in [-0.3, -0.25) is 0 Å². The van der Waals surface area contributed by atoms with Crippen molar-refractivity contribution in [2.24, 2.45) is 0 Å². The summed E-state index contributed by atoms with van der Waals surface area (Å²) in [6.07, 6.45) is 6.98. The summed E-state index contributed by atoms with van der Waals surface area (Å²) in [6.45, 7) is 3.59. The van der Waals surface area contributed by atoms with E-state index in [1.165, 1.54) is 37.9 Å². The molecule has 3 rings (SSSR count). The van der Waals surface area contributed by atoms with Crippen LogP contribution in [0.2, 0.25) is 0 Å². The molecule has 1 saturated heterocycles. The third-order valence-corrected chi connectivity index (χ3v) is 3.69. The molecular weight excluding hydrogens is 196 g/mol. The van der Waals surface area contributed by atoms with Gasteiger partial charge in [0.2, 0.25) is 6.17 Å². The maximum atomic E-state index is 2.63. The zero-order valence-corrected chi connectivity index (χ0v) is 9.68. The summed E-state index contributed by atoms with van der Waals surface area (Å²) in [5, 5.41) is 0. The molecule has 84 valence electrons. The Balaban J connectivity index is 1.74. The Labute approximate surface area is 97.2 Å². The Kier molecular flexibility index (Phi) is 2.75. The lowest BCUT2D eigenvalue weighted by atomic mass is 10.1. The first-order valence-electron chi connectivity index (χ1n) is 6.30. The molecule has 1 atom stereocenters. The third kappa shape index (κ3) is 1.90. The summed E-state index contributed by atoms with van der Waals surface area (Å²) in [5.74, 6) is 0. The quantitative estimate of drug-likeness (QED) is 0.685. The van der Waals surface area contributed by atoms with Crippen LogP contribution < -0.4 is 0 Å². The minimum absolute atomic E-state index is 0.675. The van der Waals surface area contributed by atoms with Gasteiger partial charge in [-0.25, -0.2) is 9.48 Å². The monoisotopic (exact) mass is 215 g/mol. The maximum Gasteiger partial charge on any atom is 0.209 e. The van der Waals surface area contributed by atoms with E-state index >= 15 is 0 Å². The van der Waals surface area contributed by atoms with Crippen molar-refractivity contribution in [3.63, 3.8) is 0 Å². The molecule has 2 heteroatoms. The minimum Gasteiger partial charge on any atom is -0.241 e. The average Bonchev–Trinajstić information content (AvgIpc) is 2.80. The number of rotatable bonds is 2. The van der Waals surface area contributed by atoms with Gasteiger partial charge in [0.15, 0.2) is 0 Å². The van der Waals surface area contributed by atoms with E-state index in [1.54, 1.807) is 0 Å². The second-order valence-corrected chi connectivity index (χ2v) is 4.79. The highest BCUT2D eigenvalue weighted by molar-refractivity contribution is 5.52. The van der Waals surface area contributed by atoms with Crippen molar-refractivity contribution in [3.8, 4) is 0 Å². The fraction of sp³-hybridized carbons (Fsp3) is 0.500. The molecule has 1 aromatic carbocycles. The highest BCUT2D eigenvalue weighted by Gasteiger charge is 2.35. The zero-order valence-electron chi connectivity index (χ0n) is 9.68. The molecule has 1 aromatic rings. The van der Waals surface area contributed by atoms with E-state index in [0.29, 0.717) is 6.17 Å². The Morgan fingerprint density at radius 3 is 3.00 bits per heavy atom. The molecule has 16 heavy (non-hydrogen) atoms. The van der Waals surface area contributed by atoms with Crippen LogP contribution in [0.5, 0.6) is 0 Å². The SMILES string of the molecule is C1=[N+]2CCCC2N(Cc2ccccc2)CC1. The van der Waals surface area contributed by atoms with Crippen LogP contribution in [-0.4, -0.2) is 34.9 Å². The van der Waals surface area contributed by atoms with Crippen LogP contribution in [0.4, 0.5) is 0 Å². The molecule has 2 nitrogen and oxygen atoms in total. The zero-order chi connectivity index (χ0) is 10.8. The Hall–Kier alpha value is -1.15. The van der Waals surface area contributed by atoms with Crippen LogP contribution >= 0.6 is 0 Å². The molecule has 0 spiro atoms. The van der Waals surface area contributed by atoms with Crippen molar-refractivity contribution in [2.45, 2.75) is 32.0 Å². The van der Waals surface area contributed by atoms with E-state index in [-0.39, 0.29) is 0 Å². The molecule has 2 heterocycles. The van der Waals surface area contributed by atoms with Crippen LogP contribution in [-0.2, 0) is 6.54 Å². The van der Waals surface area contributed by atoms with Gasteiger partial charge >= 0.3 is 0 Å². The lowest BCUT2D eigenvalue weighted by molar-refractivity contribution is -0.571. The summed E-state index contributed by atoms with van der Waals surface area (Å²) in [5.41, 5.74) is 1.44. The molecule has 1 fully saturated rings. The maximum absolute atomic E-state index is 2.63. The average molecular weight is 215 g/mol. The second kappa shape index (κ2) is 4.38. The van der Waals surface area contributed by atoms with Gasteiger partial charge in [-0.1, -0.05) is 30.3 Å². The number of benzene rings is 1. The number of hydrogen-bond donors (Lipinski definition) is 0. The predicted molar refractivity (Wildman–Crippen MR) is 65.7 cm³/mol. The van der Waals surface area contributed by atoms with Crippen molar-refractivity contribution in [2.75, 3.05) is 13.1 Å². The molecule has 2 aliphatic rings. The van der Waals surface area contributed by atoms with Crippen LogP contribution in [0, 0.1) is 0 Å². The first-order chi connectivity index (χ1) is 7.93. The van der Waals surface area contributed by atoms with Crippen molar-refractivity contribution in [1.29, 1.82) is 0 Å². The number of nitrogens with zero attached hydrogens (tertiary/aromatic N) is 2. The highest BCUT2D eigenvalue weighted by atomic mass is 15.3. The topological polar surface area (TPSA) is 6.25 Å². The van der Waals surface area contributed by atoms with E-state index in [2.05, 4.69) is 46.0 Å². The van der Waals surface area contributed by atoms with Crippen LogP contribution in [0.25, 0.3) is 0 Å². The molecular formula is C14H19N2+. The summed E-state index contributed by atoms with van der Waals surface area (Å²) < 4.78 is 2.53. The van der Waals surface area contributed by atoms with Gasteiger partial charge in [0.1, 0.15) is 12.8 Å². The van der Waals surface area contributed by atoms with E-state index in [4.69, 9.17) is 0 Å². The largest absolute Gasteiger partial charge is 0.241 e. The van der Waals surface area contributed by atoms with Crippen LogP contribution in [0.1, 0.15) is 24.8 Å². The first-order valence-corrected chi connectivity index (χ1v) is 6.30. The van der Waals surface area contributed by atoms with Crippen LogP contribution in [0.3, 0.4) is 0 Å². The molecule has 0 N–H and O–H groups in total. The number of hydrogen-bond acceptors (Lipinski definition) is 1. The lowest BCUT2D eigenvalue weighted by Crippen LogP contribution is -2.44. The molecule has 2 aliphatic heterocycles. The van der Waals surface area contributed by atoms with Gasteiger partial charge in [-0.15, -0.1) is 0 Å². The summed E-state index contributed by atoms with van der Waals surface area (Å²) in [6, 6.07) is 10.8. The van der Waals surface area contributed by atoms with Crippen molar-refractivity contribution >= 4 is 6.21 Å². The van der Waals surface area contributed by atoms with Gasteiger partial charge < -0.3 is 0 Å². The van der Waals surface area contributed by atoms with Crippen molar-refractivity contribution in [1.82, 2.24) is 4.90 Å². The normalized spacial score (nSPS) is 25.2. The fourth-order valence-electron chi connectivity index (χ4n) is 2.92. The summed E-state index contributed by atoms with van der Waals surface area (Å²) in [7, 11) is 0. The number of fused-ring (bicyclic) bond motifs is 1. The molecule has 0 radical (unpaired) electrons. The van der Waals surface area contributed by atoms with Crippen LogP contribution in [0.15, 0.2) is 30.3 Å². The lowest BCUT2D eigenvalue weighted by Gasteiger charge is -2.28. The molecule has 1 unspecified atom stereocenters. The van der Waals surface area contributed by atoms with Gasteiger partial charge in [-0.2, -0.15) is 0 Å². The standard InChI is InChI=1S/C14H19N2/c1-2-6-13(7-3-1)12-16-11-5-10-15-9-4-8-14(15)16/h1-3,6-7,10,14H,4-5,8-9,11-12H2/q+1. The first kappa shape index (κ1) is 10.0. The second-order valence-electron chi connectivity index (χ2n) is 4.79. The molecule has 0 amide bonds. The van der Waals surface area contributed by atoms with Gasteiger partial charge in [0, 0.05) is 32.4 Å². The Bertz CT molecular complexity index is 383. The van der Waals surface area contributed by atoms with Gasteiger partial charge in [-0.05, 0) is 5.56 Å². The summed E-state index contributed by atoms with van der Waals surface area (Å²) >= 11 is 0. The van der Waals surface area contributed by atoms with E-state index in [0.717, 1.165) is 6.54 Å². The molecule has 0 bridgehead atoms.